The zero-order chi connectivity index (χ0) is 26.3. The first-order valence-corrected chi connectivity index (χ1v) is 14.3. The molecule has 0 heterocycles. The molecule has 1 unspecified atom stereocenters. The molecule has 0 aliphatic heterocycles. The molecule has 1 atom stereocenters. The van der Waals surface area contributed by atoms with E-state index in [4.69, 9.17) is 16.3 Å². The third-order valence-electron chi connectivity index (χ3n) is 6.40. The van der Waals surface area contributed by atoms with Crippen LogP contribution in [0.5, 0.6) is 5.75 Å². The van der Waals surface area contributed by atoms with Gasteiger partial charge in [-0.05, 0) is 49.1 Å². The van der Waals surface area contributed by atoms with Crippen LogP contribution < -0.4 is 14.4 Å². The molecule has 2 aromatic rings. The molecule has 0 radical (unpaired) electrons. The molecule has 8 nitrogen and oxygen atoms in total. The Morgan fingerprint density at radius 3 is 2.31 bits per heavy atom. The fourth-order valence-electron chi connectivity index (χ4n) is 4.46. The normalized spacial score (nSPS) is 14.8. The van der Waals surface area contributed by atoms with E-state index in [-0.39, 0.29) is 29.2 Å². The standard InChI is InChI=1S/C26H34ClN3O5S/c1-4-23(26(32)28-20-9-5-6-10-20)29(17-19-13-15-21(35-2)16-14-19)25(31)18-30(36(3,33)34)24-12-8-7-11-22(24)27/h7-8,11-16,20,23H,4-6,9-10,17-18H2,1-3H3,(H,28,32). The van der Waals surface area contributed by atoms with Crippen LogP contribution in [0.15, 0.2) is 48.5 Å². The van der Waals surface area contributed by atoms with E-state index in [1.54, 1.807) is 43.5 Å². The molecule has 1 aliphatic carbocycles. The molecule has 2 amide bonds. The maximum atomic E-state index is 13.7. The molecule has 3 rings (SSSR count). The summed E-state index contributed by atoms with van der Waals surface area (Å²) in [7, 11) is -2.27. The van der Waals surface area contributed by atoms with Crippen molar-refractivity contribution in [1.82, 2.24) is 10.2 Å². The highest BCUT2D eigenvalue weighted by Gasteiger charge is 2.33. The van der Waals surface area contributed by atoms with Crippen LogP contribution in [0.2, 0.25) is 5.02 Å². The van der Waals surface area contributed by atoms with Crippen molar-refractivity contribution < 1.29 is 22.7 Å². The number of methoxy groups -OCH3 is 1. The number of amides is 2. The van der Waals surface area contributed by atoms with Crippen molar-refractivity contribution in [3.63, 3.8) is 0 Å². The number of anilines is 1. The SMILES string of the molecule is CCC(C(=O)NC1CCCC1)N(Cc1ccc(OC)cc1)C(=O)CN(c1ccccc1Cl)S(C)(=O)=O. The van der Waals surface area contributed by atoms with Crippen molar-refractivity contribution in [2.45, 2.75) is 57.7 Å². The van der Waals surface area contributed by atoms with Crippen molar-refractivity contribution in [1.29, 1.82) is 0 Å². The number of benzene rings is 2. The summed E-state index contributed by atoms with van der Waals surface area (Å²) in [6.07, 6.45) is 5.38. The summed E-state index contributed by atoms with van der Waals surface area (Å²) < 4.78 is 31.6. The van der Waals surface area contributed by atoms with Gasteiger partial charge in [-0.1, -0.05) is 55.6 Å². The van der Waals surface area contributed by atoms with E-state index in [0.717, 1.165) is 41.8 Å². The minimum atomic E-state index is -3.84. The summed E-state index contributed by atoms with van der Waals surface area (Å²) >= 11 is 6.27. The second-order valence-electron chi connectivity index (χ2n) is 9.00. The maximum absolute atomic E-state index is 13.7. The Balaban J connectivity index is 1.92. The summed E-state index contributed by atoms with van der Waals surface area (Å²) in [5, 5.41) is 3.30. The Kier molecular flexibility index (Phi) is 9.62. The molecular weight excluding hydrogens is 502 g/mol. The molecule has 1 N–H and O–H groups in total. The van der Waals surface area contributed by atoms with E-state index >= 15 is 0 Å². The lowest BCUT2D eigenvalue weighted by Crippen LogP contribution is -2.53. The van der Waals surface area contributed by atoms with Gasteiger partial charge in [0.1, 0.15) is 18.3 Å². The molecule has 1 aliphatic rings. The first-order chi connectivity index (χ1) is 17.1. The van der Waals surface area contributed by atoms with Gasteiger partial charge < -0.3 is 15.0 Å². The molecule has 1 saturated carbocycles. The number of ether oxygens (including phenoxy) is 1. The van der Waals surface area contributed by atoms with E-state index < -0.39 is 28.5 Å². The van der Waals surface area contributed by atoms with Gasteiger partial charge in [-0.3, -0.25) is 13.9 Å². The first-order valence-electron chi connectivity index (χ1n) is 12.1. The second kappa shape index (κ2) is 12.5. The predicted molar refractivity (Wildman–Crippen MR) is 142 cm³/mol. The van der Waals surface area contributed by atoms with Crippen LogP contribution in [0, 0.1) is 0 Å². The van der Waals surface area contributed by atoms with E-state index in [1.165, 1.54) is 4.90 Å². The Morgan fingerprint density at radius 2 is 1.75 bits per heavy atom. The van der Waals surface area contributed by atoms with E-state index in [0.29, 0.717) is 12.2 Å². The van der Waals surface area contributed by atoms with Crippen LogP contribution in [0.4, 0.5) is 5.69 Å². The molecule has 196 valence electrons. The summed E-state index contributed by atoms with van der Waals surface area (Å²) in [5.74, 6) is -0.0517. The number of para-hydroxylation sites is 1. The Labute approximate surface area is 218 Å². The lowest BCUT2D eigenvalue weighted by atomic mass is 10.1. The van der Waals surface area contributed by atoms with Gasteiger partial charge in [0.2, 0.25) is 21.8 Å². The van der Waals surface area contributed by atoms with Gasteiger partial charge in [-0.15, -0.1) is 0 Å². The molecule has 2 aromatic carbocycles. The first kappa shape index (κ1) is 27.8. The van der Waals surface area contributed by atoms with Crippen molar-refractivity contribution in [3.8, 4) is 5.75 Å². The Morgan fingerprint density at radius 1 is 1.11 bits per heavy atom. The average molecular weight is 536 g/mol. The topological polar surface area (TPSA) is 96.0 Å². The van der Waals surface area contributed by atoms with Crippen LogP contribution in [-0.2, 0) is 26.2 Å². The predicted octanol–water partition coefficient (Wildman–Crippen LogP) is 3.98. The number of halogens is 1. The monoisotopic (exact) mass is 535 g/mol. The highest BCUT2D eigenvalue weighted by molar-refractivity contribution is 7.92. The van der Waals surface area contributed by atoms with E-state index in [1.807, 2.05) is 19.1 Å². The fraction of sp³-hybridized carbons (Fsp3) is 0.462. The lowest BCUT2D eigenvalue weighted by molar-refractivity contribution is -0.140. The molecular formula is C26H34ClN3O5S. The Bertz CT molecular complexity index is 1150. The maximum Gasteiger partial charge on any atom is 0.244 e. The highest BCUT2D eigenvalue weighted by Crippen LogP contribution is 2.28. The molecule has 0 saturated heterocycles. The molecule has 0 spiro atoms. The fourth-order valence-corrected chi connectivity index (χ4v) is 5.61. The van der Waals surface area contributed by atoms with Gasteiger partial charge in [-0.2, -0.15) is 0 Å². The molecule has 0 bridgehead atoms. The third kappa shape index (κ3) is 7.13. The van der Waals surface area contributed by atoms with Crippen LogP contribution in [0.3, 0.4) is 0 Å². The zero-order valence-electron chi connectivity index (χ0n) is 20.9. The van der Waals surface area contributed by atoms with Gasteiger partial charge in [0.25, 0.3) is 0 Å². The second-order valence-corrected chi connectivity index (χ2v) is 11.3. The average Bonchev–Trinajstić information content (AvgIpc) is 3.35. The summed E-state index contributed by atoms with van der Waals surface area (Å²) in [6, 6.07) is 13.0. The van der Waals surface area contributed by atoms with Crippen molar-refractivity contribution >= 4 is 39.1 Å². The number of hydrogen-bond acceptors (Lipinski definition) is 5. The largest absolute Gasteiger partial charge is 0.497 e. The molecule has 36 heavy (non-hydrogen) atoms. The highest BCUT2D eigenvalue weighted by atomic mass is 35.5. The van der Waals surface area contributed by atoms with Gasteiger partial charge >= 0.3 is 0 Å². The van der Waals surface area contributed by atoms with Crippen LogP contribution >= 0.6 is 11.6 Å². The quantitative estimate of drug-likeness (QED) is 0.469. The number of rotatable bonds is 11. The smallest absolute Gasteiger partial charge is 0.244 e. The van der Waals surface area contributed by atoms with E-state index in [2.05, 4.69) is 5.32 Å². The Hall–Kier alpha value is -2.78. The summed E-state index contributed by atoms with van der Waals surface area (Å²) in [5.41, 5.74) is 1.00. The molecule has 10 heteroatoms. The van der Waals surface area contributed by atoms with Gasteiger partial charge in [0.15, 0.2) is 0 Å². The minimum Gasteiger partial charge on any atom is -0.497 e. The van der Waals surface area contributed by atoms with Crippen molar-refractivity contribution in [2.75, 3.05) is 24.2 Å². The minimum absolute atomic E-state index is 0.0973. The number of sulfonamides is 1. The van der Waals surface area contributed by atoms with Gasteiger partial charge in [0, 0.05) is 12.6 Å². The van der Waals surface area contributed by atoms with Crippen LogP contribution in [0.1, 0.15) is 44.6 Å². The molecule has 1 fully saturated rings. The number of carbonyl (C=O) groups is 2. The summed E-state index contributed by atoms with van der Waals surface area (Å²) in [4.78, 5) is 28.5. The lowest BCUT2D eigenvalue weighted by Gasteiger charge is -2.33. The number of carbonyl (C=O) groups excluding carboxylic acids is 2. The third-order valence-corrected chi connectivity index (χ3v) is 7.85. The van der Waals surface area contributed by atoms with E-state index in [9.17, 15) is 18.0 Å². The number of hydrogen-bond donors (Lipinski definition) is 1. The van der Waals surface area contributed by atoms with Gasteiger partial charge in [-0.25, -0.2) is 8.42 Å². The summed E-state index contributed by atoms with van der Waals surface area (Å²) in [6.45, 7) is 1.50. The van der Waals surface area contributed by atoms with Crippen LogP contribution in [-0.4, -0.2) is 57.1 Å². The van der Waals surface area contributed by atoms with Crippen molar-refractivity contribution in [2.24, 2.45) is 0 Å². The number of nitrogens with one attached hydrogen (secondary N) is 1. The van der Waals surface area contributed by atoms with Crippen molar-refractivity contribution in [3.05, 3.63) is 59.1 Å². The zero-order valence-corrected chi connectivity index (χ0v) is 22.5. The van der Waals surface area contributed by atoms with Gasteiger partial charge in [0.05, 0.1) is 24.1 Å². The number of nitrogens with zero attached hydrogens (tertiary/aromatic N) is 2. The molecule has 0 aromatic heterocycles. The van der Waals surface area contributed by atoms with Crippen LogP contribution in [0.25, 0.3) is 0 Å².